The molecule has 0 bridgehead atoms. The summed E-state index contributed by atoms with van der Waals surface area (Å²) in [4.78, 5) is 4.21. The highest BCUT2D eigenvalue weighted by Gasteiger charge is 2.10. The van der Waals surface area contributed by atoms with Crippen molar-refractivity contribution in [1.29, 1.82) is 0 Å². The minimum absolute atomic E-state index is 0.201. The Bertz CT molecular complexity index is 353. The number of halogens is 1. The molecular formula is C12H16FN. The van der Waals surface area contributed by atoms with Crippen molar-refractivity contribution in [3.8, 4) is 0 Å². The molecule has 2 heteroatoms. The summed E-state index contributed by atoms with van der Waals surface area (Å²) < 4.78 is 13.1. The molecule has 0 aliphatic carbocycles. The summed E-state index contributed by atoms with van der Waals surface area (Å²) in [5, 5.41) is 0. The lowest BCUT2D eigenvalue weighted by Crippen LogP contribution is -2.11. The van der Waals surface area contributed by atoms with Crippen LogP contribution in [-0.4, -0.2) is 12.8 Å². The van der Waals surface area contributed by atoms with E-state index in [1.54, 1.807) is 19.2 Å². The summed E-state index contributed by atoms with van der Waals surface area (Å²) in [5.41, 5.74) is 2.95. The van der Waals surface area contributed by atoms with Crippen LogP contribution in [0.2, 0.25) is 0 Å². The molecule has 0 radical (unpaired) electrons. The van der Waals surface area contributed by atoms with Crippen molar-refractivity contribution in [2.24, 2.45) is 10.9 Å². The van der Waals surface area contributed by atoms with E-state index in [9.17, 15) is 4.39 Å². The van der Waals surface area contributed by atoms with Crippen LogP contribution in [0.25, 0.3) is 0 Å². The number of aryl methyl sites for hydroxylation is 1. The van der Waals surface area contributed by atoms with Crippen molar-refractivity contribution in [1.82, 2.24) is 0 Å². The Hall–Kier alpha value is -1.18. The van der Waals surface area contributed by atoms with Crippen LogP contribution in [0.15, 0.2) is 23.2 Å². The van der Waals surface area contributed by atoms with E-state index in [2.05, 4.69) is 18.8 Å². The van der Waals surface area contributed by atoms with Crippen LogP contribution in [-0.2, 0) is 0 Å². The Morgan fingerprint density at radius 3 is 2.50 bits per heavy atom. The lowest BCUT2D eigenvalue weighted by atomic mass is 9.96. The Morgan fingerprint density at radius 2 is 2.00 bits per heavy atom. The molecule has 0 heterocycles. The second kappa shape index (κ2) is 4.36. The first-order valence-electron chi connectivity index (χ1n) is 4.79. The Kier molecular flexibility index (Phi) is 3.39. The van der Waals surface area contributed by atoms with Crippen LogP contribution in [0, 0.1) is 18.7 Å². The summed E-state index contributed by atoms with van der Waals surface area (Å²) in [7, 11) is 1.75. The maximum atomic E-state index is 13.1. The van der Waals surface area contributed by atoms with Crippen LogP contribution < -0.4 is 0 Å². The molecule has 14 heavy (non-hydrogen) atoms. The average Bonchev–Trinajstić information content (AvgIpc) is 2.11. The fourth-order valence-corrected chi connectivity index (χ4v) is 1.56. The topological polar surface area (TPSA) is 12.4 Å². The van der Waals surface area contributed by atoms with Crippen molar-refractivity contribution >= 4 is 5.71 Å². The molecule has 0 saturated heterocycles. The highest BCUT2D eigenvalue weighted by molar-refractivity contribution is 6.02. The zero-order valence-electron chi connectivity index (χ0n) is 9.13. The normalized spacial score (nSPS) is 12.3. The first kappa shape index (κ1) is 10.9. The molecule has 1 rings (SSSR count). The van der Waals surface area contributed by atoms with Gasteiger partial charge >= 0.3 is 0 Å². The third kappa shape index (κ3) is 2.19. The molecule has 0 spiro atoms. The van der Waals surface area contributed by atoms with E-state index in [1.165, 1.54) is 6.07 Å². The van der Waals surface area contributed by atoms with Crippen LogP contribution in [0.3, 0.4) is 0 Å². The number of rotatable bonds is 2. The summed E-state index contributed by atoms with van der Waals surface area (Å²) >= 11 is 0. The average molecular weight is 193 g/mol. The first-order chi connectivity index (χ1) is 6.56. The highest BCUT2D eigenvalue weighted by Crippen LogP contribution is 2.15. The standard InChI is InChI=1S/C12H16FN/c1-8(2)12(14-4)11-7-10(13)6-5-9(11)3/h5-8H,1-4H3. The molecule has 0 N–H and O–H groups in total. The predicted molar refractivity (Wildman–Crippen MR) is 58.4 cm³/mol. The molecular weight excluding hydrogens is 177 g/mol. The van der Waals surface area contributed by atoms with Crippen molar-refractivity contribution in [2.75, 3.05) is 7.05 Å². The van der Waals surface area contributed by atoms with Crippen LogP contribution in [0.5, 0.6) is 0 Å². The maximum Gasteiger partial charge on any atom is 0.123 e. The van der Waals surface area contributed by atoms with Crippen LogP contribution in [0.1, 0.15) is 25.0 Å². The molecule has 0 atom stereocenters. The monoisotopic (exact) mass is 193 g/mol. The Morgan fingerprint density at radius 1 is 1.36 bits per heavy atom. The van der Waals surface area contributed by atoms with E-state index in [0.717, 1.165) is 16.8 Å². The molecule has 0 aliphatic heterocycles. The van der Waals surface area contributed by atoms with E-state index in [1.807, 2.05) is 6.92 Å². The van der Waals surface area contributed by atoms with E-state index < -0.39 is 0 Å². The molecule has 1 aromatic carbocycles. The Balaban J connectivity index is 3.23. The second-order valence-electron chi connectivity index (χ2n) is 3.72. The largest absolute Gasteiger partial charge is 0.292 e. The van der Waals surface area contributed by atoms with Gasteiger partial charge in [0.05, 0.1) is 0 Å². The minimum atomic E-state index is -0.201. The molecule has 0 aliphatic rings. The van der Waals surface area contributed by atoms with Crippen molar-refractivity contribution < 1.29 is 4.39 Å². The predicted octanol–water partition coefficient (Wildman–Crippen LogP) is 3.21. The zero-order valence-corrected chi connectivity index (χ0v) is 9.13. The quantitative estimate of drug-likeness (QED) is 0.639. The minimum Gasteiger partial charge on any atom is -0.292 e. The molecule has 1 aromatic rings. The third-order valence-corrected chi connectivity index (χ3v) is 2.26. The molecule has 0 fully saturated rings. The van der Waals surface area contributed by atoms with Gasteiger partial charge < -0.3 is 0 Å². The Labute approximate surface area is 84.7 Å². The van der Waals surface area contributed by atoms with Gasteiger partial charge in [-0.2, -0.15) is 0 Å². The molecule has 76 valence electrons. The van der Waals surface area contributed by atoms with Crippen molar-refractivity contribution in [3.05, 3.63) is 35.1 Å². The summed E-state index contributed by atoms with van der Waals surface area (Å²) in [6.45, 7) is 6.10. The number of aliphatic imine (C=N–C) groups is 1. The molecule has 0 aromatic heterocycles. The maximum absolute atomic E-state index is 13.1. The van der Waals surface area contributed by atoms with Crippen LogP contribution >= 0.6 is 0 Å². The lowest BCUT2D eigenvalue weighted by Gasteiger charge is -2.12. The van der Waals surface area contributed by atoms with E-state index >= 15 is 0 Å². The highest BCUT2D eigenvalue weighted by atomic mass is 19.1. The van der Waals surface area contributed by atoms with Gasteiger partial charge in [-0.3, -0.25) is 4.99 Å². The summed E-state index contributed by atoms with van der Waals surface area (Å²) in [6.07, 6.45) is 0. The second-order valence-corrected chi connectivity index (χ2v) is 3.72. The van der Waals surface area contributed by atoms with E-state index in [4.69, 9.17) is 0 Å². The first-order valence-corrected chi connectivity index (χ1v) is 4.79. The van der Waals surface area contributed by atoms with Gasteiger partial charge in [0.1, 0.15) is 5.82 Å². The number of nitrogens with zero attached hydrogens (tertiary/aromatic N) is 1. The van der Waals surface area contributed by atoms with Gasteiger partial charge in [0.2, 0.25) is 0 Å². The number of hydrogen-bond donors (Lipinski definition) is 0. The SMILES string of the molecule is CN=C(c1cc(F)ccc1C)C(C)C. The number of benzene rings is 1. The third-order valence-electron chi connectivity index (χ3n) is 2.26. The molecule has 0 saturated carbocycles. The molecule has 0 amide bonds. The fourth-order valence-electron chi connectivity index (χ4n) is 1.56. The van der Waals surface area contributed by atoms with Crippen molar-refractivity contribution in [3.63, 3.8) is 0 Å². The van der Waals surface area contributed by atoms with E-state index in [-0.39, 0.29) is 5.82 Å². The van der Waals surface area contributed by atoms with Crippen molar-refractivity contribution in [2.45, 2.75) is 20.8 Å². The fraction of sp³-hybridized carbons (Fsp3) is 0.417. The summed E-state index contributed by atoms with van der Waals surface area (Å²) in [5.74, 6) is 0.118. The van der Waals surface area contributed by atoms with Crippen LogP contribution in [0.4, 0.5) is 4.39 Å². The van der Waals surface area contributed by atoms with Gasteiger partial charge in [0.15, 0.2) is 0 Å². The van der Waals surface area contributed by atoms with Gasteiger partial charge in [-0.1, -0.05) is 19.9 Å². The van der Waals surface area contributed by atoms with Gasteiger partial charge in [-0.25, -0.2) is 4.39 Å². The van der Waals surface area contributed by atoms with Gasteiger partial charge in [-0.05, 0) is 30.5 Å². The number of hydrogen-bond acceptors (Lipinski definition) is 1. The summed E-state index contributed by atoms with van der Waals surface area (Å²) in [6, 6.07) is 4.82. The van der Waals surface area contributed by atoms with Gasteiger partial charge in [0, 0.05) is 18.3 Å². The van der Waals surface area contributed by atoms with E-state index in [0.29, 0.717) is 5.92 Å². The molecule has 0 unspecified atom stereocenters. The van der Waals surface area contributed by atoms with Gasteiger partial charge in [-0.15, -0.1) is 0 Å². The lowest BCUT2D eigenvalue weighted by molar-refractivity contribution is 0.626. The van der Waals surface area contributed by atoms with Gasteiger partial charge in [0.25, 0.3) is 0 Å². The smallest absolute Gasteiger partial charge is 0.123 e. The zero-order chi connectivity index (χ0) is 10.7. The molecule has 1 nitrogen and oxygen atoms in total.